The number of hydrogen-bond acceptors (Lipinski definition) is 4. The number of halogens is 1. The lowest BCUT2D eigenvalue weighted by molar-refractivity contribution is 0.103. The predicted molar refractivity (Wildman–Crippen MR) is 96.9 cm³/mol. The number of amides is 1. The van der Waals surface area contributed by atoms with Gasteiger partial charge in [-0.1, -0.05) is 13.8 Å². The number of thiazole rings is 1. The molecule has 0 radical (unpaired) electrons. The second-order valence-corrected chi connectivity index (χ2v) is 7.27. The topological polar surface area (TPSA) is 59.8 Å². The fourth-order valence-electron chi connectivity index (χ4n) is 2.47. The van der Waals surface area contributed by atoms with Gasteiger partial charge in [0.15, 0.2) is 5.82 Å². The Kier molecular flexibility index (Phi) is 4.94. The third-order valence-corrected chi connectivity index (χ3v) is 4.77. The van der Waals surface area contributed by atoms with Crippen molar-refractivity contribution in [3.63, 3.8) is 0 Å². The summed E-state index contributed by atoms with van der Waals surface area (Å²) in [6, 6.07) is 6.25. The van der Waals surface area contributed by atoms with Crippen LogP contribution in [0.25, 0.3) is 5.69 Å². The van der Waals surface area contributed by atoms with E-state index >= 15 is 0 Å². The highest BCUT2D eigenvalue weighted by atomic mass is 32.1. The average Bonchev–Trinajstić information content (AvgIpc) is 3.16. The summed E-state index contributed by atoms with van der Waals surface area (Å²) in [5.74, 6) is -0.246. The monoisotopic (exact) mass is 358 g/mol. The van der Waals surface area contributed by atoms with Gasteiger partial charge in [-0.15, -0.1) is 11.3 Å². The van der Waals surface area contributed by atoms with Gasteiger partial charge in [-0.25, -0.2) is 14.1 Å². The predicted octanol–water partition coefficient (Wildman–Crippen LogP) is 4.23. The maximum atomic E-state index is 14.3. The lowest BCUT2D eigenvalue weighted by Crippen LogP contribution is -2.12. The number of nitrogens with one attached hydrogen (secondary N) is 1. The standard InChI is InChI=1S/C18H19FN4OS/c1-11(2)9-16-21-12(3)17(25-16)18(24)22-13-5-6-15(14(19)10-13)23-8-4-7-20-23/h4-8,10-11H,9H2,1-3H3,(H,22,24). The first-order chi connectivity index (χ1) is 11.9. The molecule has 0 aliphatic carbocycles. The molecule has 2 aromatic heterocycles. The Morgan fingerprint density at radius 3 is 2.84 bits per heavy atom. The molecule has 25 heavy (non-hydrogen) atoms. The summed E-state index contributed by atoms with van der Waals surface area (Å²) < 4.78 is 15.7. The summed E-state index contributed by atoms with van der Waals surface area (Å²) in [6.07, 6.45) is 4.08. The minimum atomic E-state index is -0.456. The van der Waals surface area contributed by atoms with Gasteiger partial charge in [-0.05, 0) is 37.1 Å². The Balaban J connectivity index is 1.77. The number of anilines is 1. The minimum absolute atomic E-state index is 0.267. The van der Waals surface area contributed by atoms with Crippen LogP contribution in [0, 0.1) is 18.7 Å². The maximum absolute atomic E-state index is 14.3. The largest absolute Gasteiger partial charge is 0.321 e. The fraction of sp³-hybridized carbons (Fsp3) is 0.278. The zero-order chi connectivity index (χ0) is 18.0. The molecule has 3 rings (SSSR count). The van der Waals surface area contributed by atoms with Crippen molar-refractivity contribution in [2.24, 2.45) is 5.92 Å². The average molecular weight is 358 g/mol. The van der Waals surface area contributed by atoms with Crippen molar-refractivity contribution in [2.75, 3.05) is 5.32 Å². The summed E-state index contributed by atoms with van der Waals surface area (Å²) in [5, 5.41) is 7.69. The summed E-state index contributed by atoms with van der Waals surface area (Å²) in [7, 11) is 0. The van der Waals surface area contributed by atoms with Crippen molar-refractivity contribution < 1.29 is 9.18 Å². The molecule has 1 aromatic carbocycles. The zero-order valence-electron chi connectivity index (χ0n) is 14.3. The van der Waals surface area contributed by atoms with Crippen molar-refractivity contribution in [2.45, 2.75) is 27.2 Å². The van der Waals surface area contributed by atoms with Crippen molar-refractivity contribution in [1.82, 2.24) is 14.8 Å². The number of benzene rings is 1. The number of rotatable bonds is 5. The van der Waals surface area contributed by atoms with E-state index in [4.69, 9.17) is 0 Å². The van der Waals surface area contributed by atoms with Gasteiger partial charge in [0.25, 0.3) is 5.91 Å². The van der Waals surface area contributed by atoms with Crippen LogP contribution in [-0.4, -0.2) is 20.7 Å². The third-order valence-electron chi connectivity index (χ3n) is 3.59. The van der Waals surface area contributed by atoms with Gasteiger partial charge in [0.05, 0.1) is 10.7 Å². The SMILES string of the molecule is Cc1nc(CC(C)C)sc1C(=O)Nc1ccc(-n2cccn2)c(F)c1. The second-order valence-electron chi connectivity index (χ2n) is 6.19. The molecule has 0 aliphatic heterocycles. The Labute approximate surface area is 149 Å². The molecule has 5 nitrogen and oxygen atoms in total. The Bertz CT molecular complexity index is 887. The van der Waals surface area contributed by atoms with E-state index in [1.807, 2.05) is 6.92 Å². The van der Waals surface area contributed by atoms with Crippen LogP contribution in [-0.2, 0) is 6.42 Å². The number of carbonyl (C=O) groups excluding carboxylic acids is 1. The molecular weight excluding hydrogens is 339 g/mol. The van der Waals surface area contributed by atoms with E-state index in [-0.39, 0.29) is 5.91 Å². The van der Waals surface area contributed by atoms with Crippen LogP contribution in [0.3, 0.4) is 0 Å². The zero-order valence-corrected chi connectivity index (χ0v) is 15.1. The van der Waals surface area contributed by atoms with Crippen LogP contribution in [0.15, 0.2) is 36.7 Å². The molecule has 130 valence electrons. The molecule has 0 fully saturated rings. The highest BCUT2D eigenvalue weighted by molar-refractivity contribution is 7.13. The van der Waals surface area contributed by atoms with E-state index < -0.39 is 5.82 Å². The lowest BCUT2D eigenvalue weighted by atomic mass is 10.1. The van der Waals surface area contributed by atoms with Crippen molar-refractivity contribution in [3.05, 3.63) is 58.1 Å². The Morgan fingerprint density at radius 1 is 1.40 bits per heavy atom. The molecule has 0 aliphatic rings. The van der Waals surface area contributed by atoms with Crippen LogP contribution < -0.4 is 5.32 Å². The van der Waals surface area contributed by atoms with E-state index in [1.54, 1.807) is 30.6 Å². The van der Waals surface area contributed by atoms with Gasteiger partial charge < -0.3 is 5.32 Å². The van der Waals surface area contributed by atoms with Gasteiger partial charge >= 0.3 is 0 Å². The summed E-state index contributed by atoms with van der Waals surface area (Å²) in [5.41, 5.74) is 1.43. The number of hydrogen-bond donors (Lipinski definition) is 1. The van der Waals surface area contributed by atoms with Crippen LogP contribution >= 0.6 is 11.3 Å². The van der Waals surface area contributed by atoms with Gasteiger partial charge in [0.1, 0.15) is 10.6 Å². The van der Waals surface area contributed by atoms with E-state index in [0.717, 1.165) is 11.4 Å². The van der Waals surface area contributed by atoms with Gasteiger partial charge in [-0.3, -0.25) is 4.79 Å². The van der Waals surface area contributed by atoms with E-state index in [1.165, 1.54) is 22.1 Å². The van der Waals surface area contributed by atoms with Crippen LogP contribution in [0.1, 0.15) is 34.2 Å². The minimum Gasteiger partial charge on any atom is -0.321 e. The quantitative estimate of drug-likeness (QED) is 0.742. The highest BCUT2D eigenvalue weighted by Gasteiger charge is 2.17. The second kappa shape index (κ2) is 7.14. The molecule has 0 spiro atoms. The Hall–Kier alpha value is -2.54. The molecule has 0 saturated heterocycles. The van der Waals surface area contributed by atoms with E-state index in [0.29, 0.717) is 27.9 Å². The molecule has 0 saturated carbocycles. The maximum Gasteiger partial charge on any atom is 0.267 e. The van der Waals surface area contributed by atoms with E-state index in [2.05, 4.69) is 29.2 Å². The first-order valence-electron chi connectivity index (χ1n) is 8.01. The molecule has 1 amide bonds. The van der Waals surface area contributed by atoms with Gasteiger partial charge in [0, 0.05) is 24.5 Å². The molecule has 3 aromatic rings. The number of aryl methyl sites for hydroxylation is 1. The van der Waals surface area contributed by atoms with Crippen molar-refractivity contribution in [3.8, 4) is 5.69 Å². The summed E-state index contributed by atoms with van der Waals surface area (Å²) in [6.45, 7) is 6.04. The van der Waals surface area contributed by atoms with Crippen molar-refractivity contribution >= 4 is 22.9 Å². The van der Waals surface area contributed by atoms with Crippen LogP contribution in [0.2, 0.25) is 0 Å². The molecule has 0 bridgehead atoms. The first-order valence-corrected chi connectivity index (χ1v) is 8.83. The number of nitrogens with zero attached hydrogens (tertiary/aromatic N) is 3. The Morgan fingerprint density at radius 2 is 2.20 bits per heavy atom. The van der Waals surface area contributed by atoms with Crippen molar-refractivity contribution in [1.29, 1.82) is 0 Å². The molecular formula is C18H19FN4OS. The third kappa shape index (κ3) is 3.93. The van der Waals surface area contributed by atoms with Crippen LogP contribution in [0.5, 0.6) is 0 Å². The fourth-order valence-corrected chi connectivity index (χ4v) is 3.64. The molecule has 0 atom stereocenters. The molecule has 1 N–H and O–H groups in total. The van der Waals surface area contributed by atoms with E-state index in [9.17, 15) is 9.18 Å². The highest BCUT2D eigenvalue weighted by Crippen LogP contribution is 2.23. The van der Waals surface area contributed by atoms with Gasteiger partial charge in [-0.2, -0.15) is 5.10 Å². The molecule has 2 heterocycles. The normalized spacial score (nSPS) is 11.1. The number of aromatic nitrogens is 3. The van der Waals surface area contributed by atoms with Crippen LogP contribution in [0.4, 0.5) is 10.1 Å². The smallest absolute Gasteiger partial charge is 0.267 e. The molecule has 7 heteroatoms. The summed E-state index contributed by atoms with van der Waals surface area (Å²) >= 11 is 1.39. The van der Waals surface area contributed by atoms with Gasteiger partial charge in [0.2, 0.25) is 0 Å². The summed E-state index contributed by atoms with van der Waals surface area (Å²) in [4.78, 5) is 17.5. The first kappa shape index (κ1) is 17.3. The lowest BCUT2D eigenvalue weighted by Gasteiger charge is -2.07. The number of carbonyl (C=O) groups is 1. The molecule has 0 unspecified atom stereocenters.